The Kier molecular flexibility index (Phi) is 13.5. The van der Waals surface area contributed by atoms with Crippen molar-refractivity contribution in [3.8, 4) is 0 Å². The first kappa shape index (κ1) is 31.9. The van der Waals surface area contributed by atoms with Crippen molar-refractivity contribution >= 4 is 17.9 Å². The Morgan fingerprint density at radius 3 is 2.05 bits per heavy atom. The van der Waals surface area contributed by atoms with Gasteiger partial charge in [0.25, 0.3) is 0 Å². The minimum atomic E-state index is -0.900. The molecule has 214 valence electrons. The van der Waals surface area contributed by atoms with Gasteiger partial charge in [-0.3, -0.25) is 9.59 Å². The minimum Gasteiger partial charge on any atom is -0.444 e. The molecule has 2 rings (SSSR count). The number of ether oxygens (including phenoxy) is 1. The number of benzene rings is 2. The maximum atomic E-state index is 14.3. The molecule has 0 aliphatic carbocycles. The molecule has 0 fully saturated rings. The van der Waals surface area contributed by atoms with Crippen LogP contribution in [0.4, 0.5) is 4.79 Å². The fraction of sp³-hybridized carbons (Fsp3) is 0.531. The third-order valence-electron chi connectivity index (χ3n) is 6.31. The van der Waals surface area contributed by atoms with Gasteiger partial charge in [-0.2, -0.15) is 0 Å². The molecule has 7 heteroatoms. The van der Waals surface area contributed by atoms with Gasteiger partial charge in [0.2, 0.25) is 11.8 Å². The maximum Gasteiger partial charge on any atom is 0.408 e. The summed E-state index contributed by atoms with van der Waals surface area (Å²) in [6, 6.07) is 17.3. The Morgan fingerprint density at radius 2 is 1.46 bits per heavy atom. The molecule has 0 saturated carbocycles. The van der Waals surface area contributed by atoms with Crippen molar-refractivity contribution in [2.75, 3.05) is 13.1 Å². The summed E-state index contributed by atoms with van der Waals surface area (Å²) in [6.45, 7) is 10.5. The molecule has 2 unspecified atom stereocenters. The zero-order chi connectivity index (χ0) is 28.7. The molecule has 3 amide bonds. The van der Waals surface area contributed by atoms with E-state index in [9.17, 15) is 14.4 Å². The predicted molar refractivity (Wildman–Crippen MR) is 156 cm³/mol. The average Bonchev–Trinajstić information content (AvgIpc) is 2.90. The van der Waals surface area contributed by atoms with Gasteiger partial charge >= 0.3 is 6.09 Å². The average molecular weight is 538 g/mol. The summed E-state index contributed by atoms with van der Waals surface area (Å²) in [5.41, 5.74) is 0.934. The Hall–Kier alpha value is -3.35. The lowest BCUT2D eigenvalue weighted by atomic mass is 9.99. The molecule has 7 nitrogen and oxygen atoms in total. The number of rotatable bonds is 15. The zero-order valence-electron chi connectivity index (χ0n) is 24.4. The second-order valence-corrected chi connectivity index (χ2v) is 10.9. The molecule has 0 aliphatic heterocycles. The van der Waals surface area contributed by atoms with Crippen molar-refractivity contribution in [2.45, 2.75) is 97.2 Å². The van der Waals surface area contributed by atoms with E-state index in [1.54, 1.807) is 25.7 Å². The largest absolute Gasteiger partial charge is 0.444 e. The molecular formula is C32H47N3O4. The predicted octanol–water partition coefficient (Wildman–Crippen LogP) is 6.19. The molecule has 2 N–H and O–H groups in total. The van der Waals surface area contributed by atoms with Crippen molar-refractivity contribution < 1.29 is 19.1 Å². The van der Waals surface area contributed by atoms with Gasteiger partial charge in [0.05, 0.1) is 0 Å². The van der Waals surface area contributed by atoms with Gasteiger partial charge in [0.15, 0.2) is 0 Å². The summed E-state index contributed by atoms with van der Waals surface area (Å²) in [7, 11) is 0. The van der Waals surface area contributed by atoms with E-state index in [0.29, 0.717) is 13.1 Å². The molecule has 0 spiro atoms. The number of unbranched alkanes of at least 4 members (excludes halogenated alkanes) is 4. The van der Waals surface area contributed by atoms with Crippen LogP contribution in [0.25, 0.3) is 0 Å². The third-order valence-corrected chi connectivity index (χ3v) is 6.31. The first-order valence-electron chi connectivity index (χ1n) is 14.3. The number of carbonyl (C=O) groups excluding carboxylic acids is 3. The number of alkyl carbamates (subject to hydrolysis) is 1. The topological polar surface area (TPSA) is 87.7 Å². The van der Waals surface area contributed by atoms with Crippen molar-refractivity contribution in [3.05, 3.63) is 71.8 Å². The quantitative estimate of drug-likeness (QED) is 0.265. The lowest BCUT2D eigenvalue weighted by molar-refractivity contribution is -0.142. The Bertz CT molecular complexity index is 1010. The molecule has 0 aliphatic rings. The number of amides is 3. The number of hydrogen-bond donors (Lipinski definition) is 2. The normalized spacial score (nSPS) is 12.7. The molecule has 0 heterocycles. The molecular weight excluding hydrogens is 490 g/mol. The van der Waals surface area contributed by atoms with E-state index in [1.165, 1.54) is 0 Å². The maximum absolute atomic E-state index is 14.3. The summed E-state index contributed by atoms with van der Waals surface area (Å²) in [5.74, 6) is -0.519. The van der Waals surface area contributed by atoms with E-state index in [4.69, 9.17) is 4.74 Å². The van der Waals surface area contributed by atoms with Crippen LogP contribution >= 0.6 is 0 Å². The summed E-state index contributed by atoms with van der Waals surface area (Å²) in [4.78, 5) is 42.5. The minimum absolute atomic E-state index is 0.214. The fourth-order valence-electron chi connectivity index (χ4n) is 4.37. The number of nitrogens with zero attached hydrogens (tertiary/aromatic N) is 1. The number of carbonyl (C=O) groups is 3. The van der Waals surface area contributed by atoms with Gasteiger partial charge < -0.3 is 20.3 Å². The van der Waals surface area contributed by atoms with Crippen LogP contribution < -0.4 is 10.6 Å². The molecule has 0 radical (unpaired) electrons. The van der Waals surface area contributed by atoms with Gasteiger partial charge in [0, 0.05) is 19.5 Å². The van der Waals surface area contributed by atoms with E-state index in [0.717, 1.165) is 49.7 Å². The van der Waals surface area contributed by atoms with E-state index in [-0.39, 0.29) is 18.2 Å². The van der Waals surface area contributed by atoms with Crippen molar-refractivity contribution in [3.63, 3.8) is 0 Å². The van der Waals surface area contributed by atoms with Gasteiger partial charge in [0.1, 0.15) is 17.7 Å². The van der Waals surface area contributed by atoms with Crippen LogP contribution in [0, 0.1) is 0 Å². The van der Waals surface area contributed by atoms with Gasteiger partial charge in [-0.15, -0.1) is 0 Å². The van der Waals surface area contributed by atoms with Gasteiger partial charge in [-0.1, -0.05) is 100 Å². The summed E-state index contributed by atoms with van der Waals surface area (Å²) in [5, 5.41) is 5.85. The highest BCUT2D eigenvalue weighted by atomic mass is 16.6. The summed E-state index contributed by atoms with van der Waals surface area (Å²) >= 11 is 0. The summed E-state index contributed by atoms with van der Waals surface area (Å²) in [6.07, 6.45) is 5.24. The van der Waals surface area contributed by atoms with Crippen LogP contribution in [0.15, 0.2) is 60.7 Å². The fourth-order valence-corrected chi connectivity index (χ4v) is 4.37. The van der Waals surface area contributed by atoms with Crippen LogP contribution in [0.5, 0.6) is 0 Å². The molecule has 2 aromatic rings. The Balaban J connectivity index is 2.47. The SMILES string of the molecule is CCCCCCN(C(=O)C(Cc1ccccc1)NC(=O)OC(C)(C)C)C(C(=O)NCCCC)c1ccccc1. The highest BCUT2D eigenvalue weighted by Crippen LogP contribution is 2.24. The van der Waals surface area contributed by atoms with E-state index < -0.39 is 23.8 Å². The molecule has 0 aromatic heterocycles. The van der Waals surface area contributed by atoms with Crippen molar-refractivity contribution in [1.82, 2.24) is 15.5 Å². The Labute approximate surface area is 234 Å². The van der Waals surface area contributed by atoms with Crippen LogP contribution in [-0.4, -0.2) is 47.5 Å². The van der Waals surface area contributed by atoms with Crippen molar-refractivity contribution in [2.24, 2.45) is 0 Å². The van der Waals surface area contributed by atoms with E-state index in [2.05, 4.69) is 24.5 Å². The number of hydrogen-bond acceptors (Lipinski definition) is 4. The monoisotopic (exact) mass is 537 g/mol. The standard InChI is InChI=1S/C32H47N3O4/c1-6-8-10-17-23-35(28(26-20-15-12-16-21-26)29(36)33-22-9-7-2)30(37)27(24-25-18-13-11-14-19-25)34-31(38)39-32(3,4)5/h11-16,18-21,27-28H,6-10,17,22-24H2,1-5H3,(H,33,36)(H,34,38). The van der Waals surface area contributed by atoms with Gasteiger partial charge in [-0.25, -0.2) is 4.79 Å². The molecule has 0 bridgehead atoms. The van der Waals surface area contributed by atoms with Crippen LogP contribution in [0.3, 0.4) is 0 Å². The molecule has 2 atom stereocenters. The first-order chi connectivity index (χ1) is 18.7. The number of nitrogens with one attached hydrogen (secondary N) is 2. The van der Waals surface area contributed by atoms with Crippen LogP contribution in [-0.2, 0) is 20.7 Å². The van der Waals surface area contributed by atoms with Crippen LogP contribution in [0.2, 0.25) is 0 Å². The van der Waals surface area contributed by atoms with Crippen molar-refractivity contribution in [1.29, 1.82) is 0 Å². The zero-order valence-corrected chi connectivity index (χ0v) is 24.4. The molecule has 2 aromatic carbocycles. The Morgan fingerprint density at radius 1 is 0.846 bits per heavy atom. The second-order valence-electron chi connectivity index (χ2n) is 10.9. The lowest BCUT2D eigenvalue weighted by Gasteiger charge is -2.34. The van der Waals surface area contributed by atoms with Gasteiger partial charge in [-0.05, 0) is 44.7 Å². The first-order valence-corrected chi connectivity index (χ1v) is 14.3. The molecule has 39 heavy (non-hydrogen) atoms. The summed E-state index contributed by atoms with van der Waals surface area (Å²) < 4.78 is 5.51. The van der Waals surface area contributed by atoms with E-state index in [1.807, 2.05) is 60.7 Å². The highest BCUT2D eigenvalue weighted by Gasteiger charge is 2.36. The lowest BCUT2D eigenvalue weighted by Crippen LogP contribution is -2.54. The van der Waals surface area contributed by atoms with Crippen LogP contribution in [0.1, 0.15) is 90.3 Å². The molecule has 0 saturated heterocycles. The smallest absolute Gasteiger partial charge is 0.408 e. The second kappa shape index (κ2) is 16.6. The third kappa shape index (κ3) is 11.5. The van der Waals surface area contributed by atoms with E-state index >= 15 is 0 Å². The highest BCUT2D eigenvalue weighted by molar-refractivity contribution is 5.92.